The van der Waals surface area contributed by atoms with Gasteiger partial charge in [-0.05, 0) is 36.6 Å². The summed E-state index contributed by atoms with van der Waals surface area (Å²) in [6.45, 7) is 0.938. The number of benzene rings is 2. The van der Waals surface area contributed by atoms with Crippen molar-refractivity contribution in [2.75, 3.05) is 18.0 Å². The molecule has 0 amide bonds. The first-order valence-electron chi connectivity index (χ1n) is 12.9. The maximum Gasteiger partial charge on any atom is 0.290 e. The number of pyridine rings is 1. The van der Waals surface area contributed by atoms with Crippen molar-refractivity contribution >= 4 is 26.7 Å². The summed E-state index contributed by atoms with van der Waals surface area (Å²) in [6.07, 6.45) is 5.00. The summed E-state index contributed by atoms with van der Waals surface area (Å²) in [7, 11) is -2.88. The average molecular weight is 591 g/mol. The van der Waals surface area contributed by atoms with Crippen molar-refractivity contribution in [3.05, 3.63) is 72.2 Å². The van der Waals surface area contributed by atoms with E-state index in [0.29, 0.717) is 42.6 Å². The summed E-state index contributed by atoms with van der Waals surface area (Å²) >= 11 is 0. The molecule has 0 aliphatic carbocycles. The van der Waals surface area contributed by atoms with E-state index in [1.165, 1.54) is 37.6 Å². The highest BCUT2D eigenvalue weighted by molar-refractivity contribution is 7.90. The number of rotatable bonds is 5. The Labute approximate surface area is 239 Å². The fraction of sp³-hybridized carbons (Fsp3) is 0.214. The van der Waals surface area contributed by atoms with Gasteiger partial charge in [0.25, 0.3) is 10.0 Å². The Morgan fingerprint density at radius 3 is 2.43 bits per heavy atom. The minimum absolute atomic E-state index is 0.0112. The number of nitriles is 1. The molecule has 2 aromatic carbocycles. The first-order chi connectivity index (χ1) is 20.1. The number of anilines is 1. The number of aromatic hydroxyl groups is 1. The third-order valence-corrected chi connectivity index (χ3v) is 8.85. The number of aromatic nitrogens is 5. The first kappa shape index (κ1) is 27.3. The molecular formula is C28H24F2N8O3S. The van der Waals surface area contributed by atoms with Crippen LogP contribution >= 0.6 is 0 Å². The lowest BCUT2D eigenvalue weighted by atomic mass is 9.95. The average Bonchev–Trinajstić information content (AvgIpc) is 3.57. The summed E-state index contributed by atoms with van der Waals surface area (Å²) in [5, 5.41) is 28.5. The minimum Gasteiger partial charge on any atom is -0.506 e. The fourth-order valence-corrected chi connectivity index (χ4v) is 6.52. The zero-order chi connectivity index (χ0) is 29.8. The number of nitrogens with zero attached hydrogens (tertiary/aromatic N) is 7. The number of phenolic OH excluding ortho intramolecular Hbond substituents is 1. The number of aryl methyl sites for hydroxylation is 1. The van der Waals surface area contributed by atoms with E-state index in [-0.39, 0.29) is 44.7 Å². The van der Waals surface area contributed by atoms with Crippen LogP contribution in [0.3, 0.4) is 0 Å². The van der Waals surface area contributed by atoms with Crippen molar-refractivity contribution < 1.29 is 22.3 Å². The maximum absolute atomic E-state index is 14.4. The van der Waals surface area contributed by atoms with Crippen LogP contribution in [0.25, 0.3) is 33.3 Å². The monoisotopic (exact) mass is 590 g/mol. The van der Waals surface area contributed by atoms with Gasteiger partial charge in [0.15, 0.2) is 5.65 Å². The second-order valence-electron chi connectivity index (χ2n) is 10.0. The highest BCUT2D eigenvalue weighted by Gasteiger charge is 2.31. The first-order valence-corrected chi connectivity index (χ1v) is 14.4. The molecule has 6 rings (SSSR count). The van der Waals surface area contributed by atoms with Gasteiger partial charge in [-0.3, -0.25) is 0 Å². The molecule has 1 saturated heterocycles. The molecule has 0 spiro atoms. The number of halogens is 2. The normalized spacial score (nSPS) is 14.4. The van der Waals surface area contributed by atoms with Crippen LogP contribution in [0.2, 0.25) is 0 Å². The Hall–Kier alpha value is -4.87. The van der Waals surface area contributed by atoms with Crippen LogP contribution in [-0.4, -0.2) is 56.6 Å². The van der Waals surface area contributed by atoms with Crippen LogP contribution in [-0.2, 0) is 17.1 Å². The Morgan fingerprint density at radius 1 is 1.07 bits per heavy atom. The smallest absolute Gasteiger partial charge is 0.290 e. The molecule has 4 heterocycles. The van der Waals surface area contributed by atoms with Crippen LogP contribution in [0.4, 0.5) is 14.5 Å². The van der Waals surface area contributed by atoms with Gasteiger partial charge >= 0.3 is 0 Å². The molecule has 0 bridgehead atoms. The number of phenols is 1. The van der Waals surface area contributed by atoms with Gasteiger partial charge in [0.2, 0.25) is 5.03 Å². The van der Waals surface area contributed by atoms with E-state index in [0.717, 1.165) is 21.0 Å². The largest absolute Gasteiger partial charge is 0.506 e. The third kappa shape index (κ3) is 4.52. The molecule has 14 heteroatoms. The summed E-state index contributed by atoms with van der Waals surface area (Å²) in [4.78, 5) is 7.57. The Kier molecular flexibility index (Phi) is 6.63. The lowest BCUT2D eigenvalue weighted by Gasteiger charge is -2.34. The summed E-state index contributed by atoms with van der Waals surface area (Å²) in [5.74, 6) is -1.94. The van der Waals surface area contributed by atoms with Gasteiger partial charge in [0, 0.05) is 61.3 Å². The Morgan fingerprint density at radius 2 is 1.79 bits per heavy atom. The Bertz CT molecular complexity index is 1990. The van der Waals surface area contributed by atoms with Crippen LogP contribution in [0.15, 0.2) is 60.0 Å². The zero-order valence-electron chi connectivity index (χ0n) is 22.2. The van der Waals surface area contributed by atoms with E-state index < -0.39 is 21.7 Å². The molecule has 42 heavy (non-hydrogen) atoms. The van der Waals surface area contributed by atoms with Crippen molar-refractivity contribution in [3.63, 3.8) is 0 Å². The number of hydrogen-bond acceptors (Lipinski definition) is 9. The van der Waals surface area contributed by atoms with Crippen molar-refractivity contribution in [1.82, 2.24) is 24.0 Å². The third-order valence-electron chi connectivity index (χ3n) is 7.33. The molecule has 1 fully saturated rings. The summed E-state index contributed by atoms with van der Waals surface area (Å²) in [6, 6.07) is 9.53. The molecule has 1 aliphatic rings. The van der Waals surface area contributed by atoms with Crippen LogP contribution < -0.4 is 10.6 Å². The maximum atomic E-state index is 14.4. The van der Waals surface area contributed by atoms with Gasteiger partial charge in [0.1, 0.15) is 23.5 Å². The SMILES string of the molecule is Cn1ncc(S(=O)(=O)n2cc(-c3cccc(C#N)c3O)c3c(N4CCC(N)CC4)c(-c4cc(F)cc(F)c4)cnc32)n1. The van der Waals surface area contributed by atoms with E-state index >= 15 is 0 Å². The molecule has 1 aliphatic heterocycles. The fourth-order valence-electron chi connectivity index (χ4n) is 5.31. The molecule has 0 saturated carbocycles. The van der Waals surface area contributed by atoms with Gasteiger partial charge < -0.3 is 15.7 Å². The molecule has 3 N–H and O–H groups in total. The lowest BCUT2D eigenvalue weighted by molar-refractivity contribution is 0.475. The molecule has 0 unspecified atom stereocenters. The molecule has 0 radical (unpaired) electrons. The standard InChI is InChI=1S/C28H24F2N8O3S/c1-36-34-14-24(35-36)42(40,41)38-15-23(21-4-2-3-16(12-31)27(21)39)25-26(37-7-5-20(32)6-8-37)22(13-33-28(25)38)17-9-18(29)11-19(30)10-17/h2-4,9-11,13-15,20,39H,5-8,32H2,1H3. The van der Waals surface area contributed by atoms with Gasteiger partial charge in [-0.25, -0.2) is 17.7 Å². The van der Waals surface area contributed by atoms with Crippen LogP contribution in [0.5, 0.6) is 5.75 Å². The lowest BCUT2D eigenvalue weighted by Crippen LogP contribution is -2.40. The second-order valence-corrected chi connectivity index (χ2v) is 11.8. The van der Waals surface area contributed by atoms with Crippen molar-refractivity contribution in [1.29, 1.82) is 5.26 Å². The number of para-hydroxylation sites is 1. The van der Waals surface area contributed by atoms with Crippen LogP contribution in [0, 0.1) is 23.0 Å². The zero-order valence-corrected chi connectivity index (χ0v) is 23.1. The van der Waals surface area contributed by atoms with Crippen molar-refractivity contribution in [3.8, 4) is 34.1 Å². The summed E-state index contributed by atoms with van der Waals surface area (Å²) in [5.41, 5.74) is 7.56. The molecule has 5 aromatic rings. The van der Waals surface area contributed by atoms with E-state index in [4.69, 9.17) is 5.73 Å². The van der Waals surface area contributed by atoms with E-state index in [2.05, 4.69) is 15.2 Å². The highest BCUT2D eigenvalue weighted by Crippen LogP contribution is 2.46. The van der Waals surface area contributed by atoms with Gasteiger partial charge in [-0.2, -0.15) is 23.6 Å². The molecular weight excluding hydrogens is 566 g/mol. The predicted molar refractivity (Wildman–Crippen MR) is 150 cm³/mol. The highest BCUT2D eigenvalue weighted by atomic mass is 32.2. The summed E-state index contributed by atoms with van der Waals surface area (Å²) < 4.78 is 57.5. The van der Waals surface area contributed by atoms with E-state index in [9.17, 15) is 27.6 Å². The number of piperidine rings is 1. The predicted octanol–water partition coefficient (Wildman–Crippen LogP) is 3.52. The van der Waals surface area contributed by atoms with E-state index in [1.54, 1.807) is 12.1 Å². The molecule has 3 aromatic heterocycles. The molecule has 0 atom stereocenters. The topological polar surface area (TPSA) is 156 Å². The number of nitrogens with two attached hydrogens (primary N) is 1. The van der Waals surface area contributed by atoms with Crippen molar-refractivity contribution in [2.24, 2.45) is 12.8 Å². The van der Waals surface area contributed by atoms with Gasteiger partial charge in [-0.1, -0.05) is 12.1 Å². The number of hydrogen-bond donors (Lipinski definition) is 2. The Balaban J connectivity index is 1.75. The van der Waals surface area contributed by atoms with Crippen LogP contribution in [0.1, 0.15) is 18.4 Å². The number of fused-ring (bicyclic) bond motifs is 1. The van der Waals surface area contributed by atoms with Gasteiger partial charge in [-0.15, -0.1) is 5.10 Å². The quantitative estimate of drug-likeness (QED) is 0.313. The molecule has 11 nitrogen and oxygen atoms in total. The molecule has 214 valence electrons. The van der Waals surface area contributed by atoms with E-state index in [1.807, 2.05) is 11.0 Å². The van der Waals surface area contributed by atoms with Gasteiger partial charge in [0.05, 0.1) is 22.8 Å². The van der Waals surface area contributed by atoms with Crippen molar-refractivity contribution in [2.45, 2.75) is 23.9 Å². The minimum atomic E-state index is -4.35. The second kappa shape index (κ2) is 10.2.